The van der Waals surface area contributed by atoms with Crippen LogP contribution in [-0.4, -0.2) is 24.2 Å². The molecule has 0 saturated carbocycles. The average molecular weight is 291 g/mol. The van der Waals surface area contributed by atoms with Crippen LogP contribution in [0.1, 0.15) is 57.1 Å². The van der Waals surface area contributed by atoms with Gasteiger partial charge in [-0.2, -0.15) is 0 Å². The Kier molecular flexibility index (Phi) is 7.88. The van der Waals surface area contributed by atoms with Gasteiger partial charge in [0.15, 0.2) is 0 Å². The van der Waals surface area contributed by atoms with Crippen LogP contribution in [0.2, 0.25) is 0 Å². The quantitative estimate of drug-likeness (QED) is 0.649. The van der Waals surface area contributed by atoms with Crippen LogP contribution in [-0.2, 0) is 11.2 Å². The van der Waals surface area contributed by atoms with Gasteiger partial charge in [0, 0.05) is 18.8 Å². The predicted octanol–water partition coefficient (Wildman–Crippen LogP) is 4.42. The summed E-state index contributed by atoms with van der Waals surface area (Å²) in [4.78, 5) is 13.2. The Labute approximate surface area is 129 Å². The van der Waals surface area contributed by atoms with E-state index in [0.717, 1.165) is 19.4 Å². The van der Waals surface area contributed by atoms with Gasteiger partial charge in [0.25, 0.3) is 0 Å². The first-order valence-electron chi connectivity index (χ1n) is 8.15. The zero-order valence-corrected chi connectivity index (χ0v) is 13.7. The first-order chi connectivity index (χ1) is 10.1. The first kappa shape index (κ1) is 17.5. The van der Waals surface area contributed by atoms with Gasteiger partial charge in [-0.05, 0) is 30.9 Å². The first-order valence-corrected chi connectivity index (χ1v) is 8.15. The number of carboxylic acids is 1. The zero-order chi connectivity index (χ0) is 15.7. The Morgan fingerprint density at radius 3 is 2.52 bits per heavy atom. The Hall–Kier alpha value is -1.51. The van der Waals surface area contributed by atoms with E-state index in [0.29, 0.717) is 6.54 Å². The lowest BCUT2D eigenvalue weighted by Gasteiger charge is -2.28. The van der Waals surface area contributed by atoms with Gasteiger partial charge in [-0.25, -0.2) is 0 Å². The SMILES string of the molecule is CCCCCCN(CCC(=O)O)c1c(C)cccc1CC. The lowest BCUT2D eigenvalue weighted by Crippen LogP contribution is -2.29. The number of aliphatic carboxylic acids is 1. The highest BCUT2D eigenvalue weighted by molar-refractivity contribution is 5.68. The maximum absolute atomic E-state index is 10.9. The van der Waals surface area contributed by atoms with Gasteiger partial charge in [0.05, 0.1) is 6.42 Å². The van der Waals surface area contributed by atoms with Gasteiger partial charge in [-0.15, -0.1) is 0 Å². The van der Waals surface area contributed by atoms with E-state index in [1.54, 1.807) is 0 Å². The minimum absolute atomic E-state index is 0.200. The van der Waals surface area contributed by atoms with Crippen LogP contribution in [0.15, 0.2) is 18.2 Å². The number of unbranched alkanes of at least 4 members (excludes halogenated alkanes) is 3. The Morgan fingerprint density at radius 1 is 1.14 bits per heavy atom. The number of nitrogens with zero attached hydrogens (tertiary/aromatic N) is 1. The predicted molar refractivity (Wildman–Crippen MR) is 89.2 cm³/mol. The van der Waals surface area contributed by atoms with Crippen LogP contribution in [0.3, 0.4) is 0 Å². The topological polar surface area (TPSA) is 40.5 Å². The molecule has 0 radical (unpaired) electrons. The van der Waals surface area contributed by atoms with Crippen LogP contribution in [0.5, 0.6) is 0 Å². The van der Waals surface area contributed by atoms with Crippen molar-refractivity contribution >= 4 is 11.7 Å². The average Bonchev–Trinajstić information content (AvgIpc) is 2.46. The molecule has 1 N–H and O–H groups in total. The third kappa shape index (κ3) is 5.78. The molecule has 0 fully saturated rings. The molecule has 3 heteroatoms. The summed E-state index contributed by atoms with van der Waals surface area (Å²) < 4.78 is 0. The molecular formula is C18H29NO2. The van der Waals surface area contributed by atoms with E-state index in [9.17, 15) is 4.79 Å². The number of hydrogen-bond donors (Lipinski definition) is 1. The van der Waals surface area contributed by atoms with Gasteiger partial charge in [-0.3, -0.25) is 4.79 Å². The molecule has 118 valence electrons. The molecule has 0 saturated heterocycles. The molecule has 0 spiro atoms. The largest absolute Gasteiger partial charge is 0.481 e. The van der Waals surface area contributed by atoms with E-state index >= 15 is 0 Å². The summed E-state index contributed by atoms with van der Waals surface area (Å²) in [5.41, 5.74) is 3.81. The third-order valence-corrected chi connectivity index (χ3v) is 3.90. The normalized spacial score (nSPS) is 10.6. The third-order valence-electron chi connectivity index (χ3n) is 3.90. The van der Waals surface area contributed by atoms with E-state index < -0.39 is 5.97 Å². The monoisotopic (exact) mass is 291 g/mol. The van der Waals surface area contributed by atoms with Crippen LogP contribution < -0.4 is 4.90 Å². The zero-order valence-electron chi connectivity index (χ0n) is 13.7. The summed E-state index contributed by atoms with van der Waals surface area (Å²) in [7, 11) is 0. The Bertz CT molecular complexity index is 443. The molecule has 21 heavy (non-hydrogen) atoms. The highest BCUT2D eigenvalue weighted by Crippen LogP contribution is 2.26. The molecule has 3 nitrogen and oxygen atoms in total. The second-order valence-electron chi connectivity index (χ2n) is 5.63. The molecule has 0 aliphatic rings. The number of rotatable bonds is 10. The summed E-state index contributed by atoms with van der Waals surface area (Å²) >= 11 is 0. The summed E-state index contributed by atoms with van der Waals surface area (Å²) in [6, 6.07) is 6.36. The molecule has 1 rings (SSSR count). The van der Waals surface area contributed by atoms with Crippen molar-refractivity contribution in [2.75, 3.05) is 18.0 Å². The molecule has 0 aliphatic carbocycles. The highest BCUT2D eigenvalue weighted by Gasteiger charge is 2.14. The van der Waals surface area contributed by atoms with E-state index in [1.807, 2.05) is 0 Å². The van der Waals surface area contributed by atoms with Gasteiger partial charge in [0.1, 0.15) is 0 Å². The number of para-hydroxylation sites is 1. The standard InChI is InChI=1S/C18H29NO2/c1-4-6-7-8-13-19(14-12-17(20)21)18-15(3)10-9-11-16(18)5-2/h9-11H,4-8,12-14H2,1-3H3,(H,20,21). The highest BCUT2D eigenvalue weighted by atomic mass is 16.4. The van der Waals surface area contributed by atoms with Crippen molar-refractivity contribution in [3.63, 3.8) is 0 Å². The van der Waals surface area contributed by atoms with Crippen molar-refractivity contribution in [3.8, 4) is 0 Å². The van der Waals surface area contributed by atoms with E-state index in [4.69, 9.17) is 5.11 Å². The number of aryl methyl sites for hydroxylation is 2. The molecule has 0 aliphatic heterocycles. The molecule has 0 unspecified atom stereocenters. The minimum Gasteiger partial charge on any atom is -0.481 e. The second kappa shape index (κ2) is 9.43. The molecular weight excluding hydrogens is 262 g/mol. The molecule has 0 bridgehead atoms. The number of carbonyl (C=O) groups is 1. The second-order valence-corrected chi connectivity index (χ2v) is 5.63. The van der Waals surface area contributed by atoms with Crippen LogP contribution in [0, 0.1) is 6.92 Å². The fraction of sp³-hybridized carbons (Fsp3) is 0.611. The number of anilines is 1. The lowest BCUT2D eigenvalue weighted by atomic mass is 10.0. The number of carboxylic acid groups (broad SMARTS) is 1. The molecule has 1 aromatic carbocycles. The smallest absolute Gasteiger partial charge is 0.305 e. The van der Waals surface area contributed by atoms with Gasteiger partial charge in [-0.1, -0.05) is 51.3 Å². The lowest BCUT2D eigenvalue weighted by molar-refractivity contribution is -0.136. The summed E-state index contributed by atoms with van der Waals surface area (Å²) in [6.07, 6.45) is 6.00. The summed E-state index contributed by atoms with van der Waals surface area (Å²) in [5, 5.41) is 8.99. The molecule has 0 aromatic heterocycles. The van der Waals surface area contributed by atoms with Gasteiger partial charge >= 0.3 is 5.97 Å². The molecule has 1 aromatic rings. The van der Waals surface area contributed by atoms with E-state index in [-0.39, 0.29) is 6.42 Å². The summed E-state index contributed by atoms with van der Waals surface area (Å²) in [6.45, 7) is 8.03. The van der Waals surface area contributed by atoms with Crippen molar-refractivity contribution in [2.45, 2.75) is 59.3 Å². The number of hydrogen-bond acceptors (Lipinski definition) is 2. The van der Waals surface area contributed by atoms with Crippen molar-refractivity contribution in [2.24, 2.45) is 0 Å². The van der Waals surface area contributed by atoms with Gasteiger partial charge < -0.3 is 10.0 Å². The van der Waals surface area contributed by atoms with Crippen molar-refractivity contribution in [3.05, 3.63) is 29.3 Å². The van der Waals surface area contributed by atoms with Crippen LogP contribution >= 0.6 is 0 Å². The Morgan fingerprint density at radius 2 is 1.90 bits per heavy atom. The van der Waals surface area contributed by atoms with Crippen molar-refractivity contribution < 1.29 is 9.90 Å². The molecule has 0 atom stereocenters. The number of benzene rings is 1. The Balaban J connectivity index is 2.86. The maximum atomic E-state index is 10.9. The van der Waals surface area contributed by atoms with Gasteiger partial charge in [0.2, 0.25) is 0 Å². The van der Waals surface area contributed by atoms with Crippen LogP contribution in [0.25, 0.3) is 0 Å². The van der Waals surface area contributed by atoms with Crippen molar-refractivity contribution in [1.82, 2.24) is 0 Å². The van der Waals surface area contributed by atoms with E-state index in [2.05, 4.69) is 43.9 Å². The summed E-state index contributed by atoms with van der Waals surface area (Å²) in [5.74, 6) is -0.722. The fourth-order valence-corrected chi connectivity index (χ4v) is 2.75. The van der Waals surface area contributed by atoms with Crippen molar-refractivity contribution in [1.29, 1.82) is 0 Å². The van der Waals surface area contributed by atoms with E-state index in [1.165, 1.54) is 36.1 Å². The fourth-order valence-electron chi connectivity index (χ4n) is 2.75. The minimum atomic E-state index is -0.722. The molecule has 0 heterocycles. The van der Waals surface area contributed by atoms with Crippen LogP contribution in [0.4, 0.5) is 5.69 Å². The molecule has 0 amide bonds. The maximum Gasteiger partial charge on any atom is 0.305 e.